The molecular formula is C28H31NO6. The minimum absolute atomic E-state index is 0.000182. The molecule has 1 aliphatic carbocycles. The van der Waals surface area contributed by atoms with Gasteiger partial charge in [-0.25, -0.2) is 4.79 Å². The number of fused-ring (bicyclic) bond motifs is 1. The quantitative estimate of drug-likeness (QED) is 0.568. The number of carbonyl (C=O) groups excluding carboxylic acids is 2. The third-order valence-electron chi connectivity index (χ3n) is 6.68. The zero-order chi connectivity index (χ0) is 25.1. The van der Waals surface area contributed by atoms with E-state index in [9.17, 15) is 14.7 Å². The van der Waals surface area contributed by atoms with Crippen LogP contribution in [0.2, 0.25) is 0 Å². The Bertz CT molecular complexity index is 1180. The van der Waals surface area contributed by atoms with Crippen LogP contribution in [0, 0.1) is 5.92 Å². The molecule has 0 amide bonds. The number of esters is 1. The Morgan fingerprint density at radius 3 is 2.40 bits per heavy atom. The maximum Gasteiger partial charge on any atom is 0.336 e. The van der Waals surface area contributed by atoms with Gasteiger partial charge in [-0.15, -0.1) is 0 Å². The molecular weight excluding hydrogens is 446 g/mol. The topological polar surface area (TPSA) is 94.4 Å². The number of ether oxygens (including phenoxy) is 3. The van der Waals surface area contributed by atoms with Crippen LogP contribution in [0.3, 0.4) is 0 Å². The first kappa shape index (κ1) is 24.5. The van der Waals surface area contributed by atoms with Crippen molar-refractivity contribution in [1.29, 1.82) is 0 Å². The summed E-state index contributed by atoms with van der Waals surface area (Å²) in [6.07, 6.45) is 0.959. The van der Waals surface area contributed by atoms with Crippen LogP contribution in [0.1, 0.15) is 56.6 Å². The highest BCUT2D eigenvalue weighted by Crippen LogP contribution is 2.47. The van der Waals surface area contributed by atoms with Gasteiger partial charge in [0, 0.05) is 23.7 Å². The summed E-state index contributed by atoms with van der Waals surface area (Å²) < 4.78 is 16.2. The summed E-state index contributed by atoms with van der Waals surface area (Å²) in [6, 6.07) is 12.7. The molecule has 2 aliphatic rings. The van der Waals surface area contributed by atoms with Crippen molar-refractivity contribution in [2.24, 2.45) is 10.9 Å². The summed E-state index contributed by atoms with van der Waals surface area (Å²) in [6.45, 7) is 5.96. The molecule has 4 rings (SSSR count). The van der Waals surface area contributed by atoms with Crippen molar-refractivity contribution in [3.8, 4) is 17.2 Å². The van der Waals surface area contributed by atoms with Crippen LogP contribution in [0.4, 0.5) is 0 Å². The Kier molecular flexibility index (Phi) is 7.24. The molecule has 1 unspecified atom stereocenters. The van der Waals surface area contributed by atoms with E-state index in [2.05, 4.69) is 0 Å². The number of rotatable bonds is 7. The standard InChI is InChI=1S/C28H31NO6/c1-5-34-24-15-18(9-12-22(24)30)26-25(28(32)35-6-2)16(3)29-21-13-19(14-23(31)27(21)26)17-7-10-20(33-4)11-8-17/h7-12,15,19,26-27,30H,5-6,13-14H2,1-4H3/t19-,26+,27?/m0/s1. The molecule has 0 radical (unpaired) electrons. The number of phenols is 1. The van der Waals surface area contributed by atoms with E-state index in [0.29, 0.717) is 42.0 Å². The first-order valence-corrected chi connectivity index (χ1v) is 12.0. The molecule has 3 atom stereocenters. The van der Waals surface area contributed by atoms with Gasteiger partial charge in [-0.2, -0.15) is 0 Å². The number of nitrogens with zero attached hydrogens (tertiary/aromatic N) is 1. The molecule has 1 aliphatic heterocycles. The molecule has 1 fully saturated rings. The Morgan fingerprint density at radius 2 is 1.74 bits per heavy atom. The van der Waals surface area contributed by atoms with E-state index in [4.69, 9.17) is 19.2 Å². The fourth-order valence-electron chi connectivity index (χ4n) is 5.12. The van der Waals surface area contributed by atoms with E-state index in [1.165, 1.54) is 6.07 Å². The van der Waals surface area contributed by atoms with E-state index in [-0.39, 0.29) is 24.1 Å². The van der Waals surface area contributed by atoms with Gasteiger partial charge >= 0.3 is 5.97 Å². The van der Waals surface area contributed by atoms with Gasteiger partial charge in [0.25, 0.3) is 0 Å². The van der Waals surface area contributed by atoms with Crippen LogP contribution in [0.25, 0.3) is 0 Å². The van der Waals surface area contributed by atoms with Crippen molar-refractivity contribution in [3.05, 3.63) is 64.9 Å². The molecule has 1 heterocycles. The SMILES string of the molecule is CCOC(=O)C1=C(C)N=C2C[C@H](c3ccc(OC)cc3)CC(=O)C2[C@@H]1c1ccc(O)c(OCC)c1. The number of aromatic hydroxyl groups is 1. The number of phenolic OH excluding ortho intramolecular Hbond substituents is 1. The average molecular weight is 478 g/mol. The van der Waals surface area contributed by atoms with Gasteiger partial charge in [0.1, 0.15) is 11.5 Å². The van der Waals surface area contributed by atoms with E-state index >= 15 is 0 Å². The number of hydrogen-bond donors (Lipinski definition) is 1. The maximum absolute atomic E-state index is 13.7. The summed E-state index contributed by atoms with van der Waals surface area (Å²) in [5.74, 6) is -0.506. The van der Waals surface area contributed by atoms with Crippen molar-refractivity contribution >= 4 is 17.5 Å². The molecule has 184 valence electrons. The number of methoxy groups -OCH3 is 1. The number of benzene rings is 2. The van der Waals surface area contributed by atoms with E-state index < -0.39 is 17.8 Å². The van der Waals surface area contributed by atoms with Crippen LogP contribution in [-0.4, -0.2) is 42.9 Å². The lowest BCUT2D eigenvalue weighted by Gasteiger charge is -2.38. The van der Waals surface area contributed by atoms with Crippen molar-refractivity contribution in [3.63, 3.8) is 0 Å². The lowest BCUT2D eigenvalue weighted by Crippen LogP contribution is -2.41. The van der Waals surface area contributed by atoms with Gasteiger partial charge in [-0.1, -0.05) is 18.2 Å². The Balaban J connectivity index is 1.78. The zero-order valence-electron chi connectivity index (χ0n) is 20.5. The summed E-state index contributed by atoms with van der Waals surface area (Å²) in [5, 5.41) is 10.2. The van der Waals surface area contributed by atoms with Crippen LogP contribution in [0.15, 0.2) is 58.7 Å². The Morgan fingerprint density at radius 1 is 1.03 bits per heavy atom. The monoisotopic (exact) mass is 477 g/mol. The fraction of sp³-hybridized carbons (Fsp3) is 0.393. The average Bonchev–Trinajstić information content (AvgIpc) is 2.84. The van der Waals surface area contributed by atoms with Crippen LogP contribution in [-0.2, 0) is 14.3 Å². The number of ketones is 1. The molecule has 1 saturated carbocycles. The second kappa shape index (κ2) is 10.3. The third-order valence-corrected chi connectivity index (χ3v) is 6.68. The Labute approximate surface area is 205 Å². The summed E-state index contributed by atoms with van der Waals surface area (Å²) >= 11 is 0. The molecule has 0 spiro atoms. The number of hydrogen-bond acceptors (Lipinski definition) is 7. The second-order valence-corrected chi connectivity index (χ2v) is 8.78. The van der Waals surface area contributed by atoms with Gasteiger partial charge in [0.2, 0.25) is 0 Å². The first-order valence-electron chi connectivity index (χ1n) is 12.0. The predicted octanol–water partition coefficient (Wildman–Crippen LogP) is 4.94. The fourth-order valence-corrected chi connectivity index (χ4v) is 5.12. The highest BCUT2D eigenvalue weighted by molar-refractivity contribution is 6.12. The summed E-state index contributed by atoms with van der Waals surface area (Å²) in [5.41, 5.74) is 3.46. The highest BCUT2D eigenvalue weighted by Gasteiger charge is 2.46. The van der Waals surface area contributed by atoms with Crippen molar-refractivity contribution in [2.75, 3.05) is 20.3 Å². The highest BCUT2D eigenvalue weighted by atomic mass is 16.5. The predicted molar refractivity (Wildman–Crippen MR) is 132 cm³/mol. The normalized spacial score (nSPS) is 21.8. The minimum atomic E-state index is -0.577. The molecule has 0 bridgehead atoms. The summed E-state index contributed by atoms with van der Waals surface area (Å²) in [4.78, 5) is 31.5. The smallest absolute Gasteiger partial charge is 0.336 e. The summed E-state index contributed by atoms with van der Waals surface area (Å²) in [7, 11) is 1.62. The molecule has 7 heteroatoms. The molecule has 1 N–H and O–H groups in total. The maximum atomic E-state index is 13.7. The number of aliphatic imine (C=N–C) groups is 1. The zero-order valence-corrected chi connectivity index (χ0v) is 20.5. The number of Topliss-reactive ketones (excluding diaryl/α,β-unsaturated/α-hetero) is 1. The van der Waals surface area contributed by atoms with Gasteiger partial charge in [0.05, 0.1) is 31.8 Å². The molecule has 2 aromatic carbocycles. The lowest BCUT2D eigenvalue weighted by molar-refractivity contribution is -0.139. The van der Waals surface area contributed by atoms with Crippen LogP contribution < -0.4 is 9.47 Å². The molecule has 0 saturated heterocycles. The van der Waals surface area contributed by atoms with E-state index in [1.807, 2.05) is 31.2 Å². The van der Waals surface area contributed by atoms with Gasteiger partial charge in [-0.05, 0) is 68.5 Å². The van der Waals surface area contributed by atoms with Crippen LogP contribution in [0.5, 0.6) is 17.2 Å². The van der Waals surface area contributed by atoms with Gasteiger partial charge in [0.15, 0.2) is 11.5 Å². The lowest BCUT2D eigenvalue weighted by atomic mass is 9.66. The van der Waals surface area contributed by atoms with E-state index in [1.54, 1.807) is 33.1 Å². The number of allylic oxidation sites excluding steroid dienone is 1. The molecule has 0 aromatic heterocycles. The van der Waals surface area contributed by atoms with E-state index in [0.717, 1.165) is 17.0 Å². The largest absolute Gasteiger partial charge is 0.504 e. The first-order chi connectivity index (χ1) is 16.9. The third kappa shape index (κ3) is 4.81. The number of carbonyl (C=O) groups is 2. The van der Waals surface area contributed by atoms with Crippen molar-refractivity contribution in [2.45, 2.75) is 45.4 Å². The minimum Gasteiger partial charge on any atom is -0.504 e. The second-order valence-electron chi connectivity index (χ2n) is 8.78. The van der Waals surface area contributed by atoms with Gasteiger partial charge in [-0.3, -0.25) is 9.79 Å². The molecule has 2 aromatic rings. The molecule has 35 heavy (non-hydrogen) atoms. The van der Waals surface area contributed by atoms with Crippen molar-refractivity contribution < 1.29 is 28.9 Å². The van der Waals surface area contributed by atoms with Gasteiger partial charge < -0.3 is 19.3 Å². The molecule has 7 nitrogen and oxygen atoms in total. The van der Waals surface area contributed by atoms with Crippen LogP contribution >= 0.6 is 0 Å². The Hall–Kier alpha value is -3.61. The van der Waals surface area contributed by atoms with Crippen molar-refractivity contribution in [1.82, 2.24) is 0 Å².